The molecule has 16 heavy (non-hydrogen) atoms. The minimum absolute atomic E-state index is 0.260. The summed E-state index contributed by atoms with van der Waals surface area (Å²) < 4.78 is 7.51. The first-order valence-electron chi connectivity index (χ1n) is 4.80. The SMILES string of the molecule is O=c1ncc(I)cn1[C@H]1C[C@@H](O)[C@@H](CO)O1. The largest absolute Gasteiger partial charge is 0.394 e. The Hall–Kier alpha value is -0.510. The van der Waals surface area contributed by atoms with E-state index >= 15 is 0 Å². The quantitative estimate of drug-likeness (QED) is 0.710. The van der Waals surface area contributed by atoms with Crippen LogP contribution >= 0.6 is 22.6 Å². The highest BCUT2D eigenvalue weighted by Gasteiger charge is 2.34. The number of aromatic nitrogens is 2. The third-order valence-corrected chi connectivity index (χ3v) is 3.03. The van der Waals surface area contributed by atoms with Gasteiger partial charge in [0.2, 0.25) is 0 Å². The maximum absolute atomic E-state index is 11.5. The molecule has 6 nitrogen and oxygen atoms in total. The van der Waals surface area contributed by atoms with Gasteiger partial charge in [-0.2, -0.15) is 0 Å². The average molecular weight is 338 g/mol. The monoisotopic (exact) mass is 338 g/mol. The molecule has 0 amide bonds. The summed E-state index contributed by atoms with van der Waals surface area (Å²) >= 11 is 2.04. The van der Waals surface area contributed by atoms with E-state index in [-0.39, 0.29) is 13.0 Å². The molecule has 1 aromatic heterocycles. The number of hydrogen-bond acceptors (Lipinski definition) is 5. The molecule has 2 N–H and O–H groups in total. The molecule has 2 heterocycles. The van der Waals surface area contributed by atoms with E-state index in [1.807, 2.05) is 22.6 Å². The second kappa shape index (κ2) is 4.78. The number of halogens is 1. The first kappa shape index (κ1) is 12.0. The molecule has 0 aliphatic carbocycles. The number of ether oxygens (including phenoxy) is 1. The molecule has 1 aliphatic heterocycles. The van der Waals surface area contributed by atoms with Gasteiger partial charge in [0, 0.05) is 22.4 Å². The highest BCUT2D eigenvalue weighted by molar-refractivity contribution is 14.1. The fraction of sp³-hybridized carbons (Fsp3) is 0.556. The lowest BCUT2D eigenvalue weighted by Gasteiger charge is -2.14. The van der Waals surface area contributed by atoms with E-state index in [0.717, 1.165) is 3.57 Å². The number of aliphatic hydroxyl groups excluding tert-OH is 2. The van der Waals surface area contributed by atoms with Gasteiger partial charge >= 0.3 is 5.69 Å². The third kappa shape index (κ3) is 2.26. The molecule has 1 aromatic rings. The highest BCUT2D eigenvalue weighted by Crippen LogP contribution is 2.27. The molecule has 0 unspecified atom stereocenters. The van der Waals surface area contributed by atoms with Crippen LogP contribution in [0.5, 0.6) is 0 Å². The second-order valence-corrected chi connectivity index (χ2v) is 4.82. The van der Waals surface area contributed by atoms with Crippen LogP contribution in [0.25, 0.3) is 0 Å². The lowest BCUT2D eigenvalue weighted by molar-refractivity contribution is -0.0459. The van der Waals surface area contributed by atoms with E-state index in [1.54, 1.807) is 6.20 Å². The standard InChI is InChI=1S/C9H11IN2O4/c10-5-2-11-9(15)12(3-5)8-1-6(14)7(4-13)16-8/h2-3,6-8,13-14H,1,4H2/t6-,7-,8-/m1/s1. The molecule has 0 aromatic carbocycles. The predicted molar refractivity (Wildman–Crippen MR) is 62.8 cm³/mol. The first-order chi connectivity index (χ1) is 7.61. The molecule has 0 radical (unpaired) electrons. The maximum atomic E-state index is 11.5. The molecule has 0 bridgehead atoms. The lowest BCUT2D eigenvalue weighted by Crippen LogP contribution is -2.27. The van der Waals surface area contributed by atoms with Crippen molar-refractivity contribution in [1.82, 2.24) is 9.55 Å². The lowest BCUT2D eigenvalue weighted by atomic mass is 10.2. The molecule has 7 heteroatoms. The molecule has 0 spiro atoms. The summed E-state index contributed by atoms with van der Waals surface area (Å²) in [7, 11) is 0. The topological polar surface area (TPSA) is 84.6 Å². The Morgan fingerprint density at radius 3 is 3.06 bits per heavy atom. The van der Waals surface area contributed by atoms with E-state index in [1.165, 1.54) is 10.8 Å². The zero-order valence-corrected chi connectivity index (χ0v) is 10.4. The minimum Gasteiger partial charge on any atom is -0.394 e. The van der Waals surface area contributed by atoms with Crippen LogP contribution in [0.3, 0.4) is 0 Å². The third-order valence-electron chi connectivity index (χ3n) is 2.48. The van der Waals surface area contributed by atoms with Crippen molar-refractivity contribution in [1.29, 1.82) is 0 Å². The molecule has 88 valence electrons. The van der Waals surface area contributed by atoms with E-state index in [2.05, 4.69) is 4.98 Å². The summed E-state index contributed by atoms with van der Waals surface area (Å²) in [4.78, 5) is 15.2. The van der Waals surface area contributed by atoms with Crippen molar-refractivity contribution in [2.45, 2.75) is 24.9 Å². The van der Waals surface area contributed by atoms with Crippen LogP contribution < -0.4 is 5.69 Å². The van der Waals surface area contributed by atoms with Crippen LogP contribution in [-0.2, 0) is 4.74 Å². The Morgan fingerprint density at radius 2 is 2.44 bits per heavy atom. The van der Waals surface area contributed by atoms with Gasteiger partial charge in [0.05, 0.1) is 12.7 Å². The van der Waals surface area contributed by atoms with Crippen molar-refractivity contribution in [2.24, 2.45) is 0 Å². The highest BCUT2D eigenvalue weighted by atomic mass is 127. The van der Waals surface area contributed by atoms with Gasteiger partial charge in [-0.05, 0) is 22.6 Å². The van der Waals surface area contributed by atoms with E-state index in [4.69, 9.17) is 9.84 Å². The summed E-state index contributed by atoms with van der Waals surface area (Å²) in [5.74, 6) is 0. The van der Waals surface area contributed by atoms with Crippen molar-refractivity contribution in [2.75, 3.05) is 6.61 Å². The van der Waals surface area contributed by atoms with Gasteiger partial charge in [-0.25, -0.2) is 9.78 Å². The molecule has 3 atom stereocenters. The minimum atomic E-state index is -0.750. The number of hydrogen-bond donors (Lipinski definition) is 2. The van der Waals surface area contributed by atoms with Gasteiger partial charge < -0.3 is 14.9 Å². The summed E-state index contributed by atoms with van der Waals surface area (Å²) in [6.07, 6.45) is 1.44. The fourth-order valence-electron chi connectivity index (χ4n) is 1.66. The van der Waals surface area contributed by atoms with Crippen molar-refractivity contribution < 1.29 is 14.9 Å². The van der Waals surface area contributed by atoms with Gasteiger partial charge in [-0.3, -0.25) is 4.57 Å². The summed E-state index contributed by atoms with van der Waals surface area (Å²) in [5, 5.41) is 18.5. The second-order valence-electron chi connectivity index (χ2n) is 3.58. The summed E-state index contributed by atoms with van der Waals surface area (Å²) in [6.45, 7) is -0.260. The van der Waals surface area contributed by atoms with E-state index in [0.29, 0.717) is 0 Å². The van der Waals surface area contributed by atoms with Crippen LogP contribution in [-0.4, -0.2) is 38.6 Å². The van der Waals surface area contributed by atoms with Gasteiger partial charge in [-0.15, -0.1) is 0 Å². The van der Waals surface area contributed by atoms with Crippen molar-refractivity contribution in [3.8, 4) is 0 Å². The van der Waals surface area contributed by atoms with Crippen molar-refractivity contribution in [3.05, 3.63) is 26.4 Å². The molecule has 1 saturated heterocycles. The van der Waals surface area contributed by atoms with Crippen LogP contribution in [0.15, 0.2) is 17.2 Å². The molecule has 1 fully saturated rings. The van der Waals surface area contributed by atoms with Crippen LogP contribution in [0.2, 0.25) is 0 Å². The van der Waals surface area contributed by atoms with E-state index < -0.39 is 24.1 Å². The Kier molecular flexibility index (Phi) is 3.57. The predicted octanol–water partition coefficient (Wildman–Crippen LogP) is -0.511. The molecule has 1 aliphatic rings. The fourth-order valence-corrected chi connectivity index (χ4v) is 2.10. The van der Waals surface area contributed by atoms with Crippen molar-refractivity contribution in [3.63, 3.8) is 0 Å². The van der Waals surface area contributed by atoms with E-state index in [9.17, 15) is 9.90 Å². The molecular formula is C9H11IN2O4. The smallest absolute Gasteiger partial charge is 0.349 e. The Labute approximate surface area is 105 Å². The zero-order valence-electron chi connectivity index (χ0n) is 8.28. The molecule has 0 saturated carbocycles. The van der Waals surface area contributed by atoms with Gasteiger partial charge in [-0.1, -0.05) is 0 Å². The zero-order chi connectivity index (χ0) is 11.7. The summed E-state index contributed by atoms with van der Waals surface area (Å²) in [6, 6.07) is 0. The Balaban J connectivity index is 2.26. The number of nitrogens with zero attached hydrogens (tertiary/aromatic N) is 2. The first-order valence-corrected chi connectivity index (χ1v) is 5.87. The molecular weight excluding hydrogens is 327 g/mol. The average Bonchev–Trinajstić information content (AvgIpc) is 2.63. The van der Waals surface area contributed by atoms with Crippen LogP contribution in [0.1, 0.15) is 12.6 Å². The van der Waals surface area contributed by atoms with Crippen LogP contribution in [0, 0.1) is 3.57 Å². The Morgan fingerprint density at radius 1 is 1.69 bits per heavy atom. The van der Waals surface area contributed by atoms with Gasteiger partial charge in [0.15, 0.2) is 0 Å². The van der Waals surface area contributed by atoms with Gasteiger partial charge in [0.1, 0.15) is 12.3 Å². The van der Waals surface area contributed by atoms with Crippen molar-refractivity contribution >= 4 is 22.6 Å². The Bertz CT molecular complexity index is 436. The number of aliphatic hydroxyl groups is 2. The normalized spacial score (nSPS) is 29.6. The molecule has 2 rings (SSSR count). The summed E-state index contributed by atoms with van der Waals surface area (Å²) in [5.41, 5.74) is -0.420. The van der Waals surface area contributed by atoms with Crippen LogP contribution in [0.4, 0.5) is 0 Å². The van der Waals surface area contributed by atoms with Gasteiger partial charge in [0.25, 0.3) is 0 Å². The maximum Gasteiger partial charge on any atom is 0.349 e. The number of rotatable bonds is 2.